The van der Waals surface area contributed by atoms with E-state index in [2.05, 4.69) is 45.9 Å². The third-order valence-corrected chi connectivity index (χ3v) is 3.51. The second-order valence-electron chi connectivity index (χ2n) is 6.35. The van der Waals surface area contributed by atoms with Crippen molar-refractivity contribution >= 4 is 11.4 Å². The fourth-order valence-corrected chi connectivity index (χ4v) is 1.95. The zero-order valence-electron chi connectivity index (χ0n) is 13.3. The molecular weight excluding hydrogens is 234 g/mol. The topological polar surface area (TPSA) is 32.6 Å². The smallest absolute Gasteiger partial charge is 0.0968 e. The van der Waals surface area contributed by atoms with Crippen LogP contribution in [0.25, 0.3) is 0 Å². The highest BCUT2D eigenvalue weighted by molar-refractivity contribution is 5.92. The minimum Gasteiger partial charge on any atom is -0.385 e. The molecule has 19 heavy (non-hydrogen) atoms. The van der Waals surface area contributed by atoms with E-state index in [4.69, 9.17) is 4.99 Å². The Balaban J connectivity index is 3.46. The van der Waals surface area contributed by atoms with Crippen molar-refractivity contribution in [3.63, 3.8) is 0 Å². The van der Waals surface area contributed by atoms with Gasteiger partial charge in [-0.1, -0.05) is 45.9 Å². The Morgan fingerprint density at radius 3 is 1.79 bits per heavy atom. The summed E-state index contributed by atoms with van der Waals surface area (Å²) in [6.45, 7) is 14.2. The lowest BCUT2D eigenvalue weighted by atomic mass is 9.92. The van der Waals surface area contributed by atoms with Crippen LogP contribution >= 0.6 is 0 Å². The Bertz CT molecular complexity index is 438. The fraction of sp³-hybridized carbons (Fsp3) is 0.588. The van der Waals surface area contributed by atoms with E-state index in [1.54, 1.807) is 13.8 Å². The van der Waals surface area contributed by atoms with Gasteiger partial charge in [0, 0.05) is 5.71 Å². The first-order valence-corrected chi connectivity index (χ1v) is 7.05. The molecule has 0 saturated heterocycles. The first kappa shape index (κ1) is 15.9. The molecule has 0 aliphatic carbocycles. The monoisotopic (exact) mass is 261 g/mol. The van der Waals surface area contributed by atoms with Crippen molar-refractivity contribution in [2.75, 3.05) is 0 Å². The molecule has 0 unspecified atom stereocenters. The zero-order valence-corrected chi connectivity index (χ0v) is 13.3. The minimum absolute atomic E-state index is 0.423. The highest BCUT2D eigenvalue weighted by Crippen LogP contribution is 2.35. The van der Waals surface area contributed by atoms with Crippen LogP contribution < -0.4 is 0 Å². The number of para-hydroxylation sites is 1. The summed E-state index contributed by atoms with van der Waals surface area (Å²) in [5, 5.41) is 10.1. The summed E-state index contributed by atoms with van der Waals surface area (Å²) in [6.07, 6.45) is 0. The predicted molar refractivity (Wildman–Crippen MR) is 83.7 cm³/mol. The summed E-state index contributed by atoms with van der Waals surface area (Å²) in [4.78, 5) is 4.74. The lowest BCUT2D eigenvalue weighted by Crippen LogP contribution is -2.28. The number of rotatable bonds is 4. The van der Waals surface area contributed by atoms with Crippen molar-refractivity contribution in [1.82, 2.24) is 0 Å². The van der Waals surface area contributed by atoms with Gasteiger partial charge in [0.05, 0.1) is 11.3 Å². The van der Waals surface area contributed by atoms with Crippen LogP contribution in [0.1, 0.15) is 71.4 Å². The normalized spacial score (nSPS) is 13.5. The van der Waals surface area contributed by atoms with Crippen LogP contribution in [0.3, 0.4) is 0 Å². The number of nitrogens with zero attached hydrogens (tertiary/aromatic N) is 1. The number of aliphatic imine (C=N–C) groups is 1. The van der Waals surface area contributed by atoms with Crippen molar-refractivity contribution in [2.24, 2.45) is 4.99 Å². The molecule has 1 rings (SSSR count). The number of hydrogen-bond acceptors (Lipinski definition) is 2. The second-order valence-corrected chi connectivity index (χ2v) is 6.35. The Kier molecular flexibility index (Phi) is 4.92. The Hall–Kier alpha value is -1.15. The molecule has 0 fully saturated rings. The number of hydrogen-bond donors (Lipinski definition) is 1. The summed E-state index contributed by atoms with van der Waals surface area (Å²) >= 11 is 0. The van der Waals surface area contributed by atoms with E-state index < -0.39 is 5.60 Å². The SMILES string of the molecule is CC(=Nc1c(C(C)C)cccc1C(C)C)C(C)(C)O. The molecule has 0 aliphatic rings. The zero-order chi connectivity index (χ0) is 14.8. The van der Waals surface area contributed by atoms with Crippen molar-refractivity contribution in [3.05, 3.63) is 29.3 Å². The van der Waals surface area contributed by atoms with Gasteiger partial charge in [0.2, 0.25) is 0 Å². The minimum atomic E-state index is -0.877. The van der Waals surface area contributed by atoms with Crippen molar-refractivity contribution in [2.45, 2.75) is 65.9 Å². The van der Waals surface area contributed by atoms with E-state index >= 15 is 0 Å². The van der Waals surface area contributed by atoms with Crippen LogP contribution in [0, 0.1) is 0 Å². The lowest BCUT2D eigenvalue weighted by molar-refractivity contribution is 0.153. The molecular formula is C17H27NO. The van der Waals surface area contributed by atoms with Gasteiger partial charge in [0.15, 0.2) is 0 Å². The number of aliphatic hydroxyl groups is 1. The molecule has 0 amide bonds. The van der Waals surface area contributed by atoms with Crippen LogP contribution in [0.4, 0.5) is 5.69 Å². The molecule has 1 aromatic rings. The van der Waals surface area contributed by atoms with Gasteiger partial charge in [0.25, 0.3) is 0 Å². The van der Waals surface area contributed by atoms with Gasteiger partial charge in [-0.15, -0.1) is 0 Å². The van der Waals surface area contributed by atoms with Crippen molar-refractivity contribution in [1.29, 1.82) is 0 Å². The van der Waals surface area contributed by atoms with E-state index in [9.17, 15) is 5.11 Å². The third kappa shape index (κ3) is 3.90. The maximum absolute atomic E-state index is 10.1. The van der Waals surface area contributed by atoms with Gasteiger partial charge in [-0.25, -0.2) is 0 Å². The molecule has 2 nitrogen and oxygen atoms in total. The van der Waals surface area contributed by atoms with Crippen LogP contribution in [0.5, 0.6) is 0 Å². The Labute approximate surface area is 117 Å². The average molecular weight is 261 g/mol. The predicted octanol–water partition coefficient (Wildman–Crippen LogP) is 4.80. The van der Waals surface area contributed by atoms with E-state index in [1.165, 1.54) is 11.1 Å². The van der Waals surface area contributed by atoms with Crippen LogP contribution in [0.2, 0.25) is 0 Å². The fourth-order valence-electron chi connectivity index (χ4n) is 1.95. The van der Waals surface area contributed by atoms with Gasteiger partial charge < -0.3 is 5.11 Å². The molecule has 0 heterocycles. The Morgan fingerprint density at radius 1 is 1.05 bits per heavy atom. The highest BCUT2D eigenvalue weighted by Gasteiger charge is 2.19. The van der Waals surface area contributed by atoms with Crippen LogP contribution in [0.15, 0.2) is 23.2 Å². The first-order chi connectivity index (χ1) is 8.64. The summed E-state index contributed by atoms with van der Waals surface area (Å²) < 4.78 is 0. The molecule has 1 aromatic carbocycles. The third-order valence-electron chi connectivity index (χ3n) is 3.51. The van der Waals surface area contributed by atoms with Crippen LogP contribution in [-0.2, 0) is 0 Å². The maximum atomic E-state index is 10.1. The summed E-state index contributed by atoms with van der Waals surface area (Å²) in [6, 6.07) is 6.36. The molecule has 0 radical (unpaired) electrons. The van der Waals surface area contributed by atoms with Crippen LogP contribution in [-0.4, -0.2) is 16.4 Å². The van der Waals surface area contributed by atoms with E-state index in [-0.39, 0.29) is 0 Å². The van der Waals surface area contributed by atoms with Gasteiger partial charge in [-0.3, -0.25) is 4.99 Å². The first-order valence-electron chi connectivity index (χ1n) is 7.05. The molecule has 106 valence electrons. The summed E-state index contributed by atoms with van der Waals surface area (Å²) in [7, 11) is 0. The molecule has 1 N–H and O–H groups in total. The highest BCUT2D eigenvalue weighted by atomic mass is 16.3. The Morgan fingerprint density at radius 2 is 1.47 bits per heavy atom. The van der Waals surface area contributed by atoms with Gasteiger partial charge in [-0.2, -0.15) is 0 Å². The van der Waals surface area contributed by atoms with Gasteiger partial charge in [-0.05, 0) is 43.7 Å². The second kappa shape index (κ2) is 5.87. The van der Waals surface area contributed by atoms with E-state index in [0.29, 0.717) is 11.8 Å². The molecule has 2 heteroatoms. The molecule has 0 bridgehead atoms. The lowest BCUT2D eigenvalue weighted by Gasteiger charge is -2.21. The van der Waals surface area contributed by atoms with Gasteiger partial charge >= 0.3 is 0 Å². The average Bonchev–Trinajstić information content (AvgIpc) is 2.27. The molecule has 0 saturated carbocycles. The standard InChI is InChI=1S/C17H27NO/c1-11(2)14-9-8-10-15(12(3)4)16(14)18-13(5)17(6,7)19/h8-12,19H,1-7H3. The van der Waals surface area contributed by atoms with Crippen molar-refractivity contribution in [3.8, 4) is 0 Å². The molecule has 0 aromatic heterocycles. The van der Waals surface area contributed by atoms with Crippen molar-refractivity contribution < 1.29 is 5.11 Å². The quantitative estimate of drug-likeness (QED) is 0.776. The summed E-state index contributed by atoms with van der Waals surface area (Å²) in [5.41, 5.74) is 3.40. The summed E-state index contributed by atoms with van der Waals surface area (Å²) in [5.74, 6) is 0.846. The molecule has 0 spiro atoms. The molecule has 0 aliphatic heterocycles. The number of benzene rings is 1. The van der Waals surface area contributed by atoms with Gasteiger partial charge in [0.1, 0.15) is 0 Å². The van der Waals surface area contributed by atoms with E-state index in [0.717, 1.165) is 11.4 Å². The molecule has 0 atom stereocenters. The maximum Gasteiger partial charge on any atom is 0.0968 e. The largest absolute Gasteiger partial charge is 0.385 e. The van der Waals surface area contributed by atoms with E-state index in [1.807, 2.05) is 6.92 Å².